The summed E-state index contributed by atoms with van der Waals surface area (Å²) in [5, 5.41) is 3.55. The summed E-state index contributed by atoms with van der Waals surface area (Å²) in [5.41, 5.74) is 0. The lowest BCUT2D eigenvalue weighted by Gasteiger charge is -2.29. The molecule has 0 rings (SSSR count). The van der Waals surface area contributed by atoms with Crippen LogP contribution in [0.2, 0.25) is 0 Å². The molecule has 0 heterocycles. The summed E-state index contributed by atoms with van der Waals surface area (Å²) < 4.78 is 0. The van der Waals surface area contributed by atoms with Crippen molar-refractivity contribution in [1.82, 2.24) is 10.2 Å². The van der Waals surface area contributed by atoms with Gasteiger partial charge in [0.05, 0.1) is 0 Å². The third kappa shape index (κ3) is 7.80. The first-order valence-corrected chi connectivity index (χ1v) is 6.38. The van der Waals surface area contributed by atoms with Gasteiger partial charge in [0.1, 0.15) is 0 Å². The number of likely N-dealkylation sites (N-methyl/N-ethyl adjacent to an activating group) is 1. The van der Waals surface area contributed by atoms with E-state index in [2.05, 4.69) is 51.9 Å². The summed E-state index contributed by atoms with van der Waals surface area (Å²) in [6.07, 6.45) is 1.23. The Labute approximate surface area is 96.4 Å². The SMILES string of the molecule is CCC(CNCC(C)C)N(C)CC(C)C. The third-order valence-electron chi connectivity index (χ3n) is 2.68. The van der Waals surface area contributed by atoms with E-state index in [-0.39, 0.29) is 0 Å². The number of nitrogens with one attached hydrogen (secondary N) is 1. The molecule has 15 heavy (non-hydrogen) atoms. The van der Waals surface area contributed by atoms with Crippen molar-refractivity contribution < 1.29 is 0 Å². The zero-order chi connectivity index (χ0) is 11.8. The molecule has 92 valence electrons. The van der Waals surface area contributed by atoms with Gasteiger partial charge in [-0.2, -0.15) is 0 Å². The fraction of sp³-hybridized carbons (Fsp3) is 1.00. The largest absolute Gasteiger partial charge is 0.315 e. The average Bonchev–Trinajstić information content (AvgIpc) is 2.10. The van der Waals surface area contributed by atoms with Crippen molar-refractivity contribution >= 4 is 0 Å². The third-order valence-corrected chi connectivity index (χ3v) is 2.68. The van der Waals surface area contributed by atoms with E-state index in [1.165, 1.54) is 13.0 Å². The Hall–Kier alpha value is -0.0800. The predicted octanol–water partition coefficient (Wildman–Crippen LogP) is 2.60. The van der Waals surface area contributed by atoms with E-state index in [1.807, 2.05) is 0 Å². The van der Waals surface area contributed by atoms with Gasteiger partial charge in [-0.25, -0.2) is 0 Å². The van der Waals surface area contributed by atoms with Crippen molar-refractivity contribution in [2.45, 2.75) is 47.1 Å². The van der Waals surface area contributed by atoms with E-state index in [1.54, 1.807) is 0 Å². The van der Waals surface area contributed by atoms with Gasteiger partial charge in [0.15, 0.2) is 0 Å². The first-order valence-electron chi connectivity index (χ1n) is 6.38. The van der Waals surface area contributed by atoms with Crippen LogP contribution in [0, 0.1) is 11.8 Å². The lowest BCUT2D eigenvalue weighted by atomic mass is 10.1. The molecule has 0 aromatic rings. The fourth-order valence-corrected chi connectivity index (χ4v) is 1.88. The van der Waals surface area contributed by atoms with Gasteiger partial charge in [-0.3, -0.25) is 0 Å². The zero-order valence-electron chi connectivity index (χ0n) is 11.5. The summed E-state index contributed by atoms with van der Waals surface area (Å²) in [7, 11) is 2.24. The van der Waals surface area contributed by atoms with Crippen molar-refractivity contribution in [2.75, 3.05) is 26.7 Å². The molecule has 0 aromatic heterocycles. The molecule has 0 amide bonds. The van der Waals surface area contributed by atoms with Crippen molar-refractivity contribution in [1.29, 1.82) is 0 Å². The van der Waals surface area contributed by atoms with Crippen LogP contribution in [0.25, 0.3) is 0 Å². The first kappa shape index (κ1) is 14.9. The summed E-state index contributed by atoms with van der Waals surface area (Å²) in [6.45, 7) is 14.8. The number of hydrogen-bond donors (Lipinski definition) is 1. The Morgan fingerprint density at radius 2 is 1.60 bits per heavy atom. The highest BCUT2D eigenvalue weighted by molar-refractivity contribution is 4.71. The Morgan fingerprint density at radius 3 is 2.00 bits per heavy atom. The fourth-order valence-electron chi connectivity index (χ4n) is 1.88. The van der Waals surface area contributed by atoms with Crippen LogP contribution in [-0.2, 0) is 0 Å². The molecule has 0 spiro atoms. The molecule has 0 bridgehead atoms. The Kier molecular flexibility index (Phi) is 8.07. The number of rotatable bonds is 8. The van der Waals surface area contributed by atoms with Crippen LogP contribution in [0.3, 0.4) is 0 Å². The molecule has 2 nitrogen and oxygen atoms in total. The smallest absolute Gasteiger partial charge is 0.0215 e. The van der Waals surface area contributed by atoms with Gasteiger partial charge in [-0.05, 0) is 31.8 Å². The van der Waals surface area contributed by atoms with Crippen molar-refractivity contribution in [2.24, 2.45) is 11.8 Å². The second-order valence-electron chi connectivity index (χ2n) is 5.45. The van der Waals surface area contributed by atoms with Gasteiger partial charge >= 0.3 is 0 Å². The van der Waals surface area contributed by atoms with Crippen LogP contribution < -0.4 is 5.32 Å². The van der Waals surface area contributed by atoms with Crippen LogP contribution in [0.4, 0.5) is 0 Å². The summed E-state index contributed by atoms with van der Waals surface area (Å²) in [6, 6.07) is 0.686. The zero-order valence-corrected chi connectivity index (χ0v) is 11.5. The maximum Gasteiger partial charge on any atom is 0.0215 e. The molecular weight excluding hydrogens is 184 g/mol. The van der Waals surface area contributed by atoms with Crippen LogP contribution in [0.1, 0.15) is 41.0 Å². The normalized spacial score (nSPS) is 14.2. The van der Waals surface area contributed by atoms with E-state index >= 15 is 0 Å². The predicted molar refractivity (Wildman–Crippen MR) is 69.3 cm³/mol. The summed E-state index contributed by atoms with van der Waals surface area (Å²) in [4.78, 5) is 2.48. The molecular formula is C13H30N2. The van der Waals surface area contributed by atoms with Gasteiger partial charge in [0.2, 0.25) is 0 Å². The van der Waals surface area contributed by atoms with Crippen LogP contribution in [0.5, 0.6) is 0 Å². The maximum atomic E-state index is 3.55. The van der Waals surface area contributed by atoms with Gasteiger partial charge in [0, 0.05) is 19.1 Å². The first-order chi connectivity index (χ1) is 6.97. The molecule has 0 radical (unpaired) electrons. The van der Waals surface area contributed by atoms with Crippen molar-refractivity contribution in [3.05, 3.63) is 0 Å². The second kappa shape index (κ2) is 8.12. The molecule has 0 fully saturated rings. The van der Waals surface area contributed by atoms with Crippen molar-refractivity contribution in [3.63, 3.8) is 0 Å². The van der Waals surface area contributed by atoms with E-state index in [0.29, 0.717) is 6.04 Å². The molecule has 0 aliphatic heterocycles. The van der Waals surface area contributed by atoms with E-state index in [9.17, 15) is 0 Å². The van der Waals surface area contributed by atoms with Crippen molar-refractivity contribution in [3.8, 4) is 0 Å². The van der Waals surface area contributed by atoms with Gasteiger partial charge in [-0.1, -0.05) is 34.6 Å². The van der Waals surface area contributed by atoms with E-state index < -0.39 is 0 Å². The van der Waals surface area contributed by atoms with Crippen LogP contribution in [-0.4, -0.2) is 37.6 Å². The highest BCUT2D eigenvalue weighted by atomic mass is 15.1. The topological polar surface area (TPSA) is 15.3 Å². The lowest BCUT2D eigenvalue weighted by molar-refractivity contribution is 0.205. The highest BCUT2D eigenvalue weighted by Gasteiger charge is 2.13. The van der Waals surface area contributed by atoms with Gasteiger partial charge in [0.25, 0.3) is 0 Å². The molecule has 1 N–H and O–H groups in total. The standard InChI is InChI=1S/C13H30N2/c1-7-13(9-14-8-11(2)3)15(6)10-12(4)5/h11-14H,7-10H2,1-6H3. The molecule has 0 saturated carbocycles. The number of hydrogen-bond acceptors (Lipinski definition) is 2. The minimum atomic E-state index is 0.686. The average molecular weight is 214 g/mol. The lowest BCUT2D eigenvalue weighted by Crippen LogP contribution is -2.42. The van der Waals surface area contributed by atoms with E-state index in [0.717, 1.165) is 24.9 Å². The minimum absolute atomic E-state index is 0.686. The maximum absolute atomic E-state index is 3.55. The molecule has 1 unspecified atom stereocenters. The van der Waals surface area contributed by atoms with Gasteiger partial charge < -0.3 is 10.2 Å². The van der Waals surface area contributed by atoms with E-state index in [4.69, 9.17) is 0 Å². The highest BCUT2D eigenvalue weighted by Crippen LogP contribution is 2.04. The Balaban J connectivity index is 3.79. The Bertz CT molecular complexity index is 143. The van der Waals surface area contributed by atoms with Crippen LogP contribution in [0.15, 0.2) is 0 Å². The second-order valence-corrected chi connectivity index (χ2v) is 5.45. The summed E-state index contributed by atoms with van der Waals surface area (Å²) in [5.74, 6) is 1.51. The van der Waals surface area contributed by atoms with Crippen LogP contribution >= 0.6 is 0 Å². The van der Waals surface area contributed by atoms with Gasteiger partial charge in [-0.15, -0.1) is 0 Å². The molecule has 0 saturated heterocycles. The molecule has 1 atom stereocenters. The Morgan fingerprint density at radius 1 is 1.00 bits per heavy atom. The quantitative estimate of drug-likeness (QED) is 0.668. The summed E-state index contributed by atoms with van der Waals surface area (Å²) >= 11 is 0. The monoisotopic (exact) mass is 214 g/mol. The number of nitrogens with zero attached hydrogens (tertiary/aromatic N) is 1. The minimum Gasteiger partial charge on any atom is -0.315 e. The molecule has 0 aromatic carbocycles. The molecule has 2 heteroatoms. The molecule has 0 aliphatic carbocycles. The molecule has 0 aliphatic rings.